The first kappa shape index (κ1) is 21.6. The highest BCUT2D eigenvalue weighted by Crippen LogP contribution is 2.40. The quantitative estimate of drug-likeness (QED) is 0.598. The fraction of sp³-hybridized carbons (Fsp3) is 0.292. The zero-order chi connectivity index (χ0) is 23.3. The van der Waals surface area contributed by atoms with Crippen molar-refractivity contribution in [2.24, 2.45) is 0 Å². The first-order valence-electron chi connectivity index (χ1n) is 10.6. The first-order valence-corrected chi connectivity index (χ1v) is 11.0. The maximum Gasteiger partial charge on any atom is 0.268 e. The van der Waals surface area contributed by atoms with Gasteiger partial charge in [-0.05, 0) is 62.7 Å². The van der Waals surface area contributed by atoms with Crippen molar-refractivity contribution < 1.29 is 13.9 Å². The number of halogens is 2. The number of nitrogens with one attached hydrogen (secondary N) is 1. The molecule has 1 aromatic heterocycles. The van der Waals surface area contributed by atoms with E-state index in [1.54, 1.807) is 13.8 Å². The minimum Gasteiger partial charge on any atom is -0.450 e. The van der Waals surface area contributed by atoms with Gasteiger partial charge in [0.05, 0.1) is 5.02 Å². The third-order valence-corrected chi connectivity index (χ3v) is 6.20. The van der Waals surface area contributed by atoms with E-state index in [4.69, 9.17) is 16.3 Å². The predicted octanol–water partition coefficient (Wildman–Crippen LogP) is 4.78. The Balaban J connectivity index is 1.46. The monoisotopic (exact) mass is 467 g/mol. The number of para-hydroxylation sites is 1. The molecule has 3 aromatic rings. The van der Waals surface area contributed by atoms with Gasteiger partial charge in [0.15, 0.2) is 5.72 Å². The van der Waals surface area contributed by atoms with Crippen molar-refractivity contribution in [2.75, 3.05) is 23.8 Å². The van der Waals surface area contributed by atoms with E-state index in [0.717, 1.165) is 25.2 Å². The second kappa shape index (κ2) is 7.97. The normalized spacial score (nSPS) is 17.2. The van der Waals surface area contributed by atoms with Gasteiger partial charge in [0.25, 0.3) is 5.91 Å². The molecule has 1 amide bonds. The average Bonchev–Trinajstić information content (AvgIpc) is 2.75. The lowest BCUT2D eigenvalue weighted by Crippen LogP contribution is -2.56. The van der Waals surface area contributed by atoms with Crippen molar-refractivity contribution in [1.29, 1.82) is 0 Å². The van der Waals surface area contributed by atoms with E-state index >= 15 is 0 Å². The minimum absolute atomic E-state index is 0.0407. The van der Waals surface area contributed by atoms with Crippen molar-refractivity contribution in [3.05, 3.63) is 70.1 Å². The summed E-state index contributed by atoms with van der Waals surface area (Å²) < 4.78 is 20.6. The standard InChI is InChI=1S/C24H23ClFN5O2/c1-24(2)31(20-18(25)5-4-6-19(20)26)22(32)17-12-27-23(29-21(17)33-24)28-16-8-7-14-9-10-30(3)13-15(14)11-16/h4-8,11-12H,9-10,13H2,1-3H3,(H,27,28,29). The Bertz CT molecular complexity index is 1250. The van der Waals surface area contributed by atoms with Gasteiger partial charge in [-0.2, -0.15) is 4.98 Å². The van der Waals surface area contributed by atoms with Crippen LogP contribution in [0.25, 0.3) is 0 Å². The minimum atomic E-state index is -1.22. The topological polar surface area (TPSA) is 70.6 Å². The number of anilines is 3. The molecule has 2 aliphatic heterocycles. The van der Waals surface area contributed by atoms with Gasteiger partial charge in [-0.3, -0.25) is 9.69 Å². The van der Waals surface area contributed by atoms with E-state index in [9.17, 15) is 9.18 Å². The Labute approximate surface area is 196 Å². The van der Waals surface area contributed by atoms with Crippen molar-refractivity contribution in [3.63, 3.8) is 0 Å². The van der Waals surface area contributed by atoms with Gasteiger partial charge in [-0.15, -0.1) is 0 Å². The number of fused-ring (bicyclic) bond motifs is 2. The van der Waals surface area contributed by atoms with E-state index < -0.39 is 17.4 Å². The molecule has 0 aliphatic carbocycles. The zero-order valence-electron chi connectivity index (χ0n) is 18.5. The molecule has 0 radical (unpaired) electrons. The molecule has 0 spiro atoms. The summed E-state index contributed by atoms with van der Waals surface area (Å²) >= 11 is 6.22. The Hall–Kier alpha value is -3.23. The summed E-state index contributed by atoms with van der Waals surface area (Å²) in [6.07, 6.45) is 2.41. The molecule has 0 saturated heterocycles. The average molecular weight is 468 g/mol. The molecule has 2 aromatic carbocycles. The van der Waals surface area contributed by atoms with E-state index in [1.807, 2.05) is 6.07 Å². The number of carbonyl (C=O) groups excluding carboxylic acids is 1. The first-order chi connectivity index (χ1) is 15.7. The van der Waals surface area contributed by atoms with E-state index in [2.05, 4.69) is 39.4 Å². The zero-order valence-corrected chi connectivity index (χ0v) is 19.3. The number of carbonyl (C=O) groups is 1. The molecular formula is C24H23ClFN5O2. The van der Waals surface area contributed by atoms with E-state index in [-0.39, 0.29) is 22.2 Å². The van der Waals surface area contributed by atoms with Crippen LogP contribution < -0.4 is 15.0 Å². The van der Waals surface area contributed by atoms with Crippen LogP contribution in [-0.4, -0.2) is 40.1 Å². The molecule has 2 aliphatic rings. The van der Waals surface area contributed by atoms with Crippen molar-refractivity contribution in [2.45, 2.75) is 32.5 Å². The molecular weight excluding hydrogens is 445 g/mol. The fourth-order valence-corrected chi connectivity index (χ4v) is 4.52. The van der Waals surface area contributed by atoms with Crippen LogP contribution in [0.1, 0.15) is 35.3 Å². The lowest BCUT2D eigenvalue weighted by Gasteiger charge is -2.42. The molecule has 5 rings (SSSR count). The van der Waals surface area contributed by atoms with Gasteiger partial charge >= 0.3 is 0 Å². The highest BCUT2D eigenvalue weighted by atomic mass is 35.5. The SMILES string of the molecule is CN1CCc2ccc(Nc3ncc4c(n3)OC(C)(C)N(c3c(F)cccc3Cl)C4=O)cc2C1. The molecule has 3 heterocycles. The molecule has 0 fully saturated rings. The number of benzene rings is 2. The second-order valence-electron chi connectivity index (χ2n) is 8.77. The Morgan fingerprint density at radius 3 is 2.82 bits per heavy atom. The van der Waals surface area contributed by atoms with Gasteiger partial charge in [-0.1, -0.05) is 23.7 Å². The van der Waals surface area contributed by atoms with Crippen molar-refractivity contribution >= 4 is 34.8 Å². The molecule has 7 nitrogen and oxygen atoms in total. The Morgan fingerprint density at radius 1 is 1.21 bits per heavy atom. The summed E-state index contributed by atoms with van der Waals surface area (Å²) in [5, 5.41) is 3.31. The molecule has 0 saturated carbocycles. The van der Waals surface area contributed by atoms with Gasteiger partial charge in [0.1, 0.15) is 17.1 Å². The Morgan fingerprint density at radius 2 is 2.03 bits per heavy atom. The van der Waals surface area contributed by atoms with Crippen LogP contribution in [0, 0.1) is 5.82 Å². The molecule has 0 atom stereocenters. The summed E-state index contributed by atoms with van der Waals surface area (Å²) in [4.78, 5) is 25.5. The molecule has 0 bridgehead atoms. The second-order valence-corrected chi connectivity index (χ2v) is 9.18. The summed E-state index contributed by atoms with van der Waals surface area (Å²) in [5.74, 6) is -0.674. The van der Waals surface area contributed by atoms with Crippen LogP contribution in [0.3, 0.4) is 0 Å². The molecule has 1 N–H and O–H groups in total. The maximum atomic E-state index is 14.6. The van der Waals surface area contributed by atoms with Crippen molar-refractivity contribution in [3.8, 4) is 5.88 Å². The number of hydrogen-bond acceptors (Lipinski definition) is 6. The third kappa shape index (κ3) is 3.89. The maximum absolute atomic E-state index is 14.6. The van der Waals surface area contributed by atoms with Crippen LogP contribution >= 0.6 is 11.6 Å². The van der Waals surface area contributed by atoms with Crippen LogP contribution in [-0.2, 0) is 13.0 Å². The summed E-state index contributed by atoms with van der Waals surface area (Å²) in [6, 6.07) is 10.5. The van der Waals surface area contributed by atoms with E-state index in [0.29, 0.717) is 5.95 Å². The lowest BCUT2D eigenvalue weighted by molar-refractivity contribution is 0.0601. The van der Waals surface area contributed by atoms with Crippen LogP contribution in [0.5, 0.6) is 5.88 Å². The van der Waals surface area contributed by atoms with Crippen LogP contribution in [0.2, 0.25) is 5.02 Å². The number of nitrogens with zero attached hydrogens (tertiary/aromatic N) is 4. The smallest absolute Gasteiger partial charge is 0.268 e. The molecule has 9 heteroatoms. The fourth-order valence-electron chi connectivity index (χ4n) is 4.28. The van der Waals surface area contributed by atoms with Crippen molar-refractivity contribution in [1.82, 2.24) is 14.9 Å². The van der Waals surface area contributed by atoms with Crippen LogP contribution in [0.4, 0.5) is 21.7 Å². The van der Waals surface area contributed by atoms with Gasteiger partial charge in [0, 0.05) is 25.0 Å². The van der Waals surface area contributed by atoms with Gasteiger partial charge in [0.2, 0.25) is 11.8 Å². The van der Waals surface area contributed by atoms with E-state index in [1.165, 1.54) is 40.4 Å². The largest absolute Gasteiger partial charge is 0.450 e. The number of hydrogen-bond donors (Lipinski definition) is 1. The Kier molecular flexibility index (Phi) is 5.22. The van der Waals surface area contributed by atoms with Gasteiger partial charge < -0.3 is 15.0 Å². The lowest BCUT2D eigenvalue weighted by atomic mass is 9.99. The number of ether oxygens (including phenoxy) is 1. The summed E-state index contributed by atoms with van der Waals surface area (Å²) in [7, 11) is 2.10. The number of rotatable bonds is 3. The molecule has 0 unspecified atom stereocenters. The molecule has 170 valence electrons. The predicted molar refractivity (Wildman–Crippen MR) is 125 cm³/mol. The number of amides is 1. The highest BCUT2D eigenvalue weighted by molar-refractivity contribution is 6.34. The highest BCUT2D eigenvalue weighted by Gasteiger charge is 2.44. The van der Waals surface area contributed by atoms with Gasteiger partial charge in [-0.25, -0.2) is 9.37 Å². The summed E-state index contributed by atoms with van der Waals surface area (Å²) in [6.45, 7) is 5.25. The molecule has 33 heavy (non-hydrogen) atoms. The van der Waals surface area contributed by atoms with Crippen LogP contribution in [0.15, 0.2) is 42.6 Å². The third-order valence-electron chi connectivity index (χ3n) is 5.90. The number of likely N-dealkylation sites (N-methyl/N-ethyl adjacent to an activating group) is 1. The number of aromatic nitrogens is 2. The summed E-state index contributed by atoms with van der Waals surface area (Å²) in [5.41, 5.74) is 2.32.